The Bertz CT molecular complexity index is 758. The second-order valence-corrected chi connectivity index (χ2v) is 23.9. The summed E-state index contributed by atoms with van der Waals surface area (Å²) in [5.74, 6) is 0. The molecule has 0 aliphatic heterocycles. The molecular weight excluding hydrogens is 924 g/mol. The van der Waals surface area contributed by atoms with Gasteiger partial charge >= 0.3 is 0 Å². The molecule has 0 N–H and O–H groups in total. The number of halogens is 2. The Balaban J connectivity index is -0.000000888. The quantitative estimate of drug-likeness (QED) is 0.0421. The Kier molecular flexibility index (Phi) is 71.6. The fraction of sp³-hybridized carbons (Fsp3) is 1.00. The molecule has 0 radical (unpaired) electrons. The summed E-state index contributed by atoms with van der Waals surface area (Å²) in [7, 11) is 6.87. The highest BCUT2D eigenvalue weighted by atomic mass is 79.9. The highest BCUT2D eigenvalue weighted by Gasteiger charge is 2.26. The third-order valence-electron chi connectivity index (χ3n) is 15.6. The lowest BCUT2D eigenvalue weighted by atomic mass is 10.0. The Morgan fingerprint density at radius 3 is 0.420 bits per heavy atom. The number of nitrogens with zero attached hydrogens (tertiary/aromatic N) is 2. The fourth-order valence-corrected chi connectivity index (χ4v) is 10.8. The highest BCUT2D eigenvalue weighted by Crippen LogP contribution is 2.22. The third kappa shape index (κ3) is 66.7. The lowest BCUT2D eigenvalue weighted by Crippen LogP contribution is -3.00. The van der Waals surface area contributed by atoms with E-state index in [-0.39, 0.29) is 29.4 Å². The van der Waals surface area contributed by atoms with Crippen molar-refractivity contribution in [1.29, 1.82) is 0 Å². The van der Waals surface area contributed by atoms with Crippen LogP contribution in [0.1, 0.15) is 369 Å². The van der Waals surface area contributed by atoms with Crippen LogP contribution in [0.2, 0.25) is 0 Å². The van der Waals surface area contributed by atoms with Gasteiger partial charge in [-0.1, -0.05) is 304 Å². The highest BCUT2D eigenvalue weighted by molar-refractivity contribution is 4.57. The van der Waals surface area contributed by atoms with Gasteiger partial charge < -0.3 is 38.4 Å². The molecule has 0 amide bonds. The number of rotatable bonds is 57. The standard InChI is InChI=1S/C48H100N.C17H38N.BrH.ClH/c1-5-9-13-17-21-25-29-33-37-41-45-49(46-42-38-34-30-26-22-18-14-10-6-2,47-43-39-35-31-27-23-19-15-11-7-3)48-44-40-36-32-28-24-20-16-12-8-4;1-5-6-7-8-9-10-11-12-13-14-15-16-17-18(2,3)4;;/h5-48H2,1-4H3;5-17H2,1-4H3;2*1H/q2*+1;;/p-2. The zero-order valence-corrected chi connectivity index (χ0v) is 52.3. The van der Waals surface area contributed by atoms with Gasteiger partial charge in [0.15, 0.2) is 0 Å². The Hall–Kier alpha value is 0.690. The van der Waals surface area contributed by atoms with Crippen LogP contribution in [-0.2, 0) is 0 Å². The van der Waals surface area contributed by atoms with Gasteiger partial charge in [-0.15, -0.1) is 0 Å². The molecule has 0 bridgehead atoms. The van der Waals surface area contributed by atoms with Crippen molar-refractivity contribution in [3.63, 3.8) is 0 Å². The molecule has 0 aliphatic rings. The summed E-state index contributed by atoms with van der Waals surface area (Å²) in [4.78, 5) is 0. The molecule has 0 saturated carbocycles. The van der Waals surface area contributed by atoms with E-state index < -0.39 is 0 Å². The van der Waals surface area contributed by atoms with Crippen LogP contribution in [0.4, 0.5) is 0 Å². The summed E-state index contributed by atoms with van der Waals surface area (Å²) in [5.41, 5.74) is 0. The summed E-state index contributed by atoms with van der Waals surface area (Å²) >= 11 is 0. The zero-order chi connectivity index (χ0) is 49.3. The number of hydrogen-bond acceptors (Lipinski definition) is 0. The van der Waals surface area contributed by atoms with E-state index >= 15 is 0 Å². The van der Waals surface area contributed by atoms with Gasteiger partial charge in [0.1, 0.15) is 0 Å². The minimum Gasteiger partial charge on any atom is -1.00 e. The van der Waals surface area contributed by atoms with Crippen molar-refractivity contribution in [3.8, 4) is 0 Å². The molecular formula is C65H138BrClN2. The van der Waals surface area contributed by atoms with E-state index in [9.17, 15) is 0 Å². The first-order valence-corrected chi connectivity index (χ1v) is 32.5. The van der Waals surface area contributed by atoms with E-state index in [4.69, 9.17) is 0 Å². The molecule has 0 saturated heterocycles. The van der Waals surface area contributed by atoms with Gasteiger partial charge in [-0.3, -0.25) is 0 Å². The van der Waals surface area contributed by atoms with E-state index in [0.29, 0.717) is 0 Å². The van der Waals surface area contributed by atoms with Crippen molar-refractivity contribution >= 4 is 0 Å². The Morgan fingerprint density at radius 1 is 0.174 bits per heavy atom. The van der Waals surface area contributed by atoms with Crippen LogP contribution < -0.4 is 29.4 Å². The van der Waals surface area contributed by atoms with Gasteiger partial charge in [-0.2, -0.15) is 0 Å². The van der Waals surface area contributed by atoms with E-state index in [1.54, 1.807) is 0 Å². The summed E-state index contributed by atoms with van der Waals surface area (Å²) in [5, 5.41) is 0. The molecule has 0 unspecified atom stereocenters. The predicted molar refractivity (Wildman–Crippen MR) is 311 cm³/mol. The lowest BCUT2D eigenvalue weighted by molar-refractivity contribution is -0.929. The van der Waals surface area contributed by atoms with Crippen LogP contribution >= 0.6 is 0 Å². The minimum absolute atomic E-state index is 0. The molecule has 0 atom stereocenters. The largest absolute Gasteiger partial charge is 1.00 e. The lowest BCUT2D eigenvalue weighted by Gasteiger charge is -2.40. The van der Waals surface area contributed by atoms with Gasteiger partial charge in [-0.25, -0.2) is 0 Å². The van der Waals surface area contributed by atoms with Crippen LogP contribution in [0, 0.1) is 0 Å². The molecule has 0 fully saturated rings. The molecule has 0 heterocycles. The van der Waals surface area contributed by atoms with E-state index in [1.807, 2.05) is 0 Å². The Morgan fingerprint density at radius 2 is 0.290 bits per heavy atom. The molecule has 0 spiro atoms. The Labute approximate surface area is 458 Å². The summed E-state index contributed by atoms with van der Waals surface area (Å²) in [6, 6.07) is 0. The second-order valence-electron chi connectivity index (χ2n) is 23.9. The maximum Gasteiger partial charge on any atom is 0.0786 e. The third-order valence-corrected chi connectivity index (χ3v) is 15.6. The smallest absolute Gasteiger partial charge is 0.0786 e. The van der Waals surface area contributed by atoms with E-state index in [1.165, 1.54) is 371 Å². The van der Waals surface area contributed by atoms with Crippen LogP contribution in [-0.4, -0.2) is 62.8 Å². The summed E-state index contributed by atoms with van der Waals surface area (Å²) in [6.07, 6.45) is 76.1. The summed E-state index contributed by atoms with van der Waals surface area (Å²) < 4.78 is 2.61. The molecule has 0 aromatic carbocycles. The SMILES string of the molecule is CCCCCCCCCCCCCC[N+](C)(C)C.CCCCCCCCCCCC[N+](CCCCCCCCCCCC)(CCCCCCCCCCCC)CCCCCCCCCCCC.[Br-].[Cl-]. The molecule has 0 aromatic rings. The summed E-state index contributed by atoms with van der Waals surface area (Å²) in [6.45, 7) is 18.9. The van der Waals surface area contributed by atoms with Gasteiger partial charge in [0, 0.05) is 0 Å². The average Bonchev–Trinajstić information content (AvgIpc) is 3.31. The van der Waals surface area contributed by atoms with Gasteiger partial charge in [-0.05, 0) is 64.2 Å². The molecule has 0 aliphatic carbocycles. The van der Waals surface area contributed by atoms with Crippen LogP contribution in [0.5, 0.6) is 0 Å². The molecule has 422 valence electrons. The minimum atomic E-state index is 0. The molecule has 0 aromatic heterocycles. The van der Waals surface area contributed by atoms with Crippen molar-refractivity contribution < 1.29 is 38.4 Å². The monoisotopic (exact) mass is 1060 g/mol. The number of unbranched alkanes of at least 4 members (excludes halogenated alkanes) is 47. The van der Waals surface area contributed by atoms with Gasteiger partial charge in [0.2, 0.25) is 0 Å². The van der Waals surface area contributed by atoms with Crippen molar-refractivity contribution in [2.45, 2.75) is 369 Å². The van der Waals surface area contributed by atoms with Crippen molar-refractivity contribution in [2.24, 2.45) is 0 Å². The van der Waals surface area contributed by atoms with Gasteiger partial charge in [0.05, 0.1) is 53.9 Å². The first-order valence-electron chi connectivity index (χ1n) is 32.5. The molecule has 2 nitrogen and oxygen atoms in total. The first kappa shape index (κ1) is 76.2. The number of hydrogen-bond donors (Lipinski definition) is 0. The molecule has 0 rings (SSSR count). The molecule has 69 heavy (non-hydrogen) atoms. The fourth-order valence-electron chi connectivity index (χ4n) is 10.8. The predicted octanol–water partition coefficient (Wildman–Crippen LogP) is 16.9. The van der Waals surface area contributed by atoms with Gasteiger partial charge in [0.25, 0.3) is 0 Å². The van der Waals surface area contributed by atoms with Crippen molar-refractivity contribution in [2.75, 3.05) is 53.9 Å². The maximum absolute atomic E-state index is 2.34. The zero-order valence-electron chi connectivity index (χ0n) is 50.0. The van der Waals surface area contributed by atoms with Crippen molar-refractivity contribution in [3.05, 3.63) is 0 Å². The van der Waals surface area contributed by atoms with Crippen LogP contribution in [0.25, 0.3) is 0 Å². The topological polar surface area (TPSA) is 0 Å². The van der Waals surface area contributed by atoms with Crippen LogP contribution in [0.3, 0.4) is 0 Å². The number of quaternary nitrogens is 2. The average molecular weight is 1060 g/mol. The van der Waals surface area contributed by atoms with E-state index in [2.05, 4.69) is 55.8 Å². The van der Waals surface area contributed by atoms with Crippen LogP contribution in [0.15, 0.2) is 0 Å². The van der Waals surface area contributed by atoms with E-state index in [0.717, 1.165) is 4.48 Å². The van der Waals surface area contributed by atoms with Crippen molar-refractivity contribution in [1.82, 2.24) is 0 Å². The normalized spacial score (nSPS) is 11.7. The second kappa shape index (κ2) is 64.8. The molecule has 4 heteroatoms. The maximum atomic E-state index is 2.34. The first-order chi connectivity index (χ1) is 32.8.